The zero-order chi connectivity index (χ0) is 23.0. The smallest absolute Gasteiger partial charge is 0.410 e. The molecule has 2 aliphatic rings. The molecule has 0 radical (unpaired) electrons. The molecule has 1 aliphatic heterocycles. The number of carbonyl (C=O) groups excluding carboxylic acids is 1. The number of aromatic amines is 1. The molecule has 4 heterocycles. The SMILES string of the molecule is CC(C)(C)OC(=O)N1CCCC[C@H]1CN[C@H]1CC[C@H](n2cnc3cnc4[nH]ccc4c32)CC1. The van der Waals surface area contributed by atoms with Crippen LogP contribution in [0.5, 0.6) is 0 Å². The van der Waals surface area contributed by atoms with Crippen LogP contribution >= 0.6 is 0 Å². The van der Waals surface area contributed by atoms with Gasteiger partial charge < -0.3 is 24.5 Å². The van der Waals surface area contributed by atoms with Crippen molar-refractivity contribution in [3.8, 4) is 0 Å². The highest BCUT2D eigenvalue weighted by Gasteiger charge is 2.31. The molecule has 178 valence electrons. The lowest BCUT2D eigenvalue weighted by molar-refractivity contribution is 0.00948. The predicted molar refractivity (Wildman–Crippen MR) is 129 cm³/mol. The Morgan fingerprint density at radius 2 is 2.00 bits per heavy atom. The fraction of sp³-hybridized carbons (Fsp3) is 0.640. The summed E-state index contributed by atoms with van der Waals surface area (Å²) in [6.07, 6.45) is 13.4. The number of likely N-dealkylation sites (tertiary alicyclic amines) is 1. The van der Waals surface area contributed by atoms with Crippen molar-refractivity contribution >= 4 is 28.2 Å². The van der Waals surface area contributed by atoms with Crippen LogP contribution in [0.4, 0.5) is 4.79 Å². The molecule has 1 saturated heterocycles. The summed E-state index contributed by atoms with van der Waals surface area (Å²) in [5.41, 5.74) is 2.61. The largest absolute Gasteiger partial charge is 0.444 e. The Morgan fingerprint density at radius 1 is 1.18 bits per heavy atom. The number of amides is 1. The van der Waals surface area contributed by atoms with Crippen molar-refractivity contribution < 1.29 is 9.53 Å². The van der Waals surface area contributed by atoms with Crippen molar-refractivity contribution in [3.05, 3.63) is 24.8 Å². The summed E-state index contributed by atoms with van der Waals surface area (Å²) in [5, 5.41) is 4.92. The highest BCUT2D eigenvalue weighted by Crippen LogP contribution is 2.33. The van der Waals surface area contributed by atoms with E-state index in [1.54, 1.807) is 0 Å². The molecular weight excluding hydrogens is 416 g/mol. The van der Waals surface area contributed by atoms with E-state index >= 15 is 0 Å². The first-order valence-corrected chi connectivity index (χ1v) is 12.4. The van der Waals surface area contributed by atoms with E-state index in [2.05, 4.69) is 30.9 Å². The van der Waals surface area contributed by atoms with Crippen LogP contribution in [0.1, 0.15) is 71.8 Å². The quantitative estimate of drug-likeness (QED) is 0.595. The zero-order valence-corrected chi connectivity index (χ0v) is 20.0. The summed E-state index contributed by atoms with van der Waals surface area (Å²) in [5.74, 6) is 0. The Labute approximate surface area is 195 Å². The number of nitrogens with one attached hydrogen (secondary N) is 2. The second-order valence-corrected chi connectivity index (χ2v) is 10.6. The molecule has 33 heavy (non-hydrogen) atoms. The lowest BCUT2D eigenvalue weighted by atomic mass is 9.90. The van der Waals surface area contributed by atoms with Gasteiger partial charge in [-0.15, -0.1) is 0 Å². The van der Waals surface area contributed by atoms with Gasteiger partial charge in [-0.2, -0.15) is 0 Å². The molecular formula is C25H36N6O2. The van der Waals surface area contributed by atoms with Crippen molar-refractivity contribution in [1.29, 1.82) is 0 Å². The zero-order valence-electron chi connectivity index (χ0n) is 20.0. The van der Waals surface area contributed by atoms with Crippen LogP contribution < -0.4 is 5.32 Å². The number of piperidine rings is 1. The number of hydrogen-bond donors (Lipinski definition) is 2. The topological polar surface area (TPSA) is 88.1 Å². The maximum absolute atomic E-state index is 12.7. The highest BCUT2D eigenvalue weighted by atomic mass is 16.6. The van der Waals surface area contributed by atoms with Crippen LogP contribution in [0.15, 0.2) is 24.8 Å². The van der Waals surface area contributed by atoms with E-state index in [1.807, 2.05) is 44.4 Å². The molecule has 1 saturated carbocycles. The Kier molecular flexibility index (Phi) is 6.03. The monoisotopic (exact) mass is 452 g/mol. The van der Waals surface area contributed by atoms with E-state index in [9.17, 15) is 4.79 Å². The second-order valence-electron chi connectivity index (χ2n) is 10.6. The summed E-state index contributed by atoms with van der Waals surface area (Å²) in [4.78, 5) is 26.9. The highest BCUT2D eigenvalue weighted by molar-refractivity contribution is 6.00. The summed E-state index contributed by atoms with van der Waals surface area (Å²) in [6, 6.07) is 3.27. The van der Waals surface area contributed by atoms with Gasteiger partial charge in [-0.25, -0.2) is 14.8 Å². The number of imidazole rings is 1. The molecule has 1 amide bonds. The van der Waals surface area contributed by atoms with Crippen LogP contribution in [0.25, 0.3) is 22.1 Å². The van der Waals surface area contributed by atoms with Crippen molar-refractivity contribution in [2.75, 3.05) is 13.1 Å². The first-order valence-electron chi connectivity index (χ1n) is 12.4. The molecule has 2 fully saturated rings. The number of H-pyrrole nitrogens is 1. The van der Waals surface area contributed by atoms with E-state index in [0.29, 0.717) is 12.1 Å². The van der Waals surface area contributed by atoms with Crippen LogP contribution in [0.2, 0.25) is 0 Å². The standard InChI is InChI=1S/C25H36N6O2/c1-25(2,3)33-24(32)30-13-5-4-6-19(30)14-27-17-7-9-18(10-8-17)31-16-29-21-15-28-23-20(22(21)31)11-12-26-23/h11-12,15-19,27H,4-10,13-14H2,1-3H3,(H,26,28)/t17-,18-,19-/m0/s1. The fourth-order valence-corrected chi connectivity index (χ4v) is 5.44. The van der Waals surface area contributed by atoms with Crippen molar-refractivity contribution in [2.24, 2.45) is 0 Å². The van der Waals surface area contributed by atoms with Crippen LogP contribution in [-0.2, 0) is 4.74 Å². The van der Waals surface area contributed by atoms with Crippen molar-refractivity contribution in [3.63, 3.8) is 0 Å². The molecule has 0 spiro atoms. The Bertz CT molecular complexity index is 1110. The Balaban J connectivity index is 1.18. The molecule has 0 aromatic carbocycles. The molecule has 5 rings (SSSR count). The third kappa shape index (κ3) is 4.71. The summed E-state index contributed by atoms with van der Waals surface area (Å²) in [6.45, 7) is 7.44. The van der Waals surface area contributed by atoms with E-state index in [1.165, 1.54) is 11.9 Å². The molecule has 1 aliphatic carbocycles. The molecule has 0 unspecified atom stereocenters. The number of ether oxygens (including phenoxy) is 1. The maximum Gasteiger partial charge on any atom is 0.410 e. The van der Waals surface area contributed by atoms with E-state index < -0.39 is 5.60 Å². The average Bonchev–Trinajstić information content (AvgIpc) is 3.43. The van der Waals surface area contributed by atoms with Gasteiger partial charge in [0, 0.05) is 42.8 Å². The van der Waals surface area contributed by atoms with Gasteiger partial charge in [-0.05, 0) is 71.8 Å². The second kappa shape index (κ2) is 8.97. The summed E-state index contributed by atoms with van der Waals surface area (Å²) >= 11 is 0. The molecule has 8 nitrogen and oxygen atoms in total. The number of fused-ring (bicyclic) bond motifs is 3. The molecule has 3 aromatic heterocycles. The Morgan fingerprint density at radius 3 is 2.79 bits per heavy atom. The van der Waals surface area contributed by atoms with Crippen molar-refractivity contribution in [1.82, 2.24) is 29.7 Å². The van der Waals surface area contributed by atoms with Crippen LogP contribution in [0, 0.1) is 0 Å². The van der Waals surface area contributed by atoms with Gasteiger partial charge in [0.2, 0.25) is 0 Å². The minimum Gasteiger partial charge on any atom is -0.444 e. The molecule has 3 aromatic rings. The number of pyridine rings is 1. The normalized spacial score (nSPS) is 24.5. The number of carbonyl (C=O) groups is 1. The van der Waals surface area contributed by atoms with Crippen LogP contribution in [-0.4, -0.2) is 61.3 Å². The van der Waals surface area contributed by atoms with Gasteiger partial charge in [0.05, 0.1) is 18.0 Å². The number of hydrogen-bond acceptors (Lipinski definition) is 5. The number of aromatic nitrogens is 4. The van der Waals surface area contributed by atoms with Gasteiger partial charge >= 0.3 is 6.09 Å². The lowest BCUT2D eigenvalue weighted by Gasteiger charge is -2.38. The number of rotatable bonds is 4. The average molecular weight is 453 g/mol. The van der Waals surface area contributed by atoms with E-state index in [0.717, 1.165) is 68.2 Å². The number of nitrogens with zero attached hydrogens (tertiary/aromatic N) is 4. The fourth-order valence-electron chi connectivity index (χ4n) is 5.44. The molecule has 2 N–H and O–H groups in total. The minimum absolute atomic E-state index is 0.171. The van der Waals surface area contributed by atoms with Crippen LogP contribution in [0.3, 0.4) is 0 Å². The van der Waals surface area contributed by atoms with Gasteiger partial charge in [-0.3, -0.25) is 0 Å². The minimum atomic E-state index is -0.454. The van der Waals surface area contributed by atoms with Gasteiger partial charge in [0.1, 0.15) is 16.8 Å². The molecule has 0 bridgehead atoms. The third-order valence-electron chi connectivity index (χ3n) is 7.11. The van der Waals surface area contributed by atoms with Gasteiger partial charge in [0.15, 0.2) is 0 Å². The maximum atomic E-state index is 12.7. The lowest BCUT2D eigenvalue weighted by Crippen LogP contribution is -2.51. The third-order valence-corrected chi connectivity index (χ3v) is 7.11. The Hall–Kier alpha value is -2.61. The van der Waals surface area contributed by atoms with E-state index in [4.69, 9.17) is 4.74 Å². The van der Waals surface area contributed by atoms with Gasteiger partial charge in [0.25, 0.3) is 0 Å². The van der Waals surface area contributed by atoms with Crippen molar-refractivity contribution in [2.45, 2.75) is 89.4 Å². The first kappa shape index (κ1) is 22.2. The molecule has 8 heteroatoms. The van der Waals surface area contributed by atoms with Gasteiger partial charge in [-0.1, -0.05) is 0 Å². The summed E-state index contributed by atoms with van der Waals surface area (Å²) < 4.78 is 8.01. The molecule has 1 atom stereocenters. The predicted octanol–water partition coefficient (Wildman–Crippen LogP) is 4.78. The first-order chi connectivity index (χ1) is 15.9. The van der Waals surface area contributed by atoms with E-state index in [-0.39, 0.29) is 12.1 Å². The summed E-state index contributed by atoms with van der Waals surface area (Å²) in [7, 11) is 0.